The SMILES string of the molecule is O=C1N(Cc2ccc3ccccc3c2)[C@H](Cc2ccccc2)[C@H](O)[C@@H](O)[C@@H](Cc2ccccc2)N1Cc1ccc2ccccc2c1. The van der Waals surface area contributed by atoms with Crippen molar-refractivity contribution in [1.29, 1.82) is 0 Å². The molecular formula is C41H38N2O3. The van der Waals surface area contributed by atoms with E-state index in [-0.39, 0.29) is 6.03 Å². The van der Waals surface area contributed by atoms with E-state index >= 15 is 4.79 Å². The topological polar surface area (TPSA) is 64.0 Å². The van der Waals surface area contributed by atoms with E-state index < -0.39 is 24.3 Å². The van der Waals surface area contributed by atoms with Crippen LogP contribution in [0.15, 0.2) is 146 Å². The molecule has 0 unspecified atom stereocenters. The summed E-state index contributed by atoms with van der Waals surface area (Å²) in [7, 11) is 0. The summed E-state index contributed by atoms with van der Waals surface area (Å²) >= 11 is 0. The fraction of sp³-hybridized carbons (Fsp3) is 0.195. The Balaban J connectivity index is 1.32. The Morgan fingerprint density at radius 1 is 0.435 bits per heavy atom. The molecule has 4 atom stereocenters. The smallest absolute Gasteiger partial charge is 0.321 e. The molecule has 6 aromatic rings. The first kappa shape index (κ1) is 29.7. The zero-order valence-corrected chi connectivity index (χ0v) is 25.7. The van der Waals surface area contributed by atoms with Gasteiger partial charge in [0.25, 0.3) is 0 Å². The Morgan fingerprint density at radius 3 is 1.22 bits per heavy atom. The number of urea groups is 1. The summed E-state index contributed by atoms with van der Waals surface area (Å²) in [4.78, 5) is 18.6. The lowest BCUT2D eigenvalue weighted by Crippen LogP contribution is -2.50. The molecular weight excluding hydrogens is 568 g/mol. The van der Waals surface area contributed by atoms with Gasteiger partial charge in [0.05, 0.1) is 12.1 Å². The molecule has 1 aliphatic rings. The highest BCUT2D eigenvalue weighted by molar-refractivity contribution is 5.84. The number of amides is 2. The maximum absolute atomic E-state index is 15.0. The standard InChI is InChI=1S/C41H38N2O3/c44-39-37(25-29-11-3-1-4-12-29)42(27-31-19-21-33-15-7-9-17-35(33)23-31)41(46)43(38(40(39)45)26-30-13-5-2-6-14-30)28-32-20-22-34-16-8-10-18-36(34)24-32/h1-24,37-40,44-45H,25-28H2/t37-,38-,39+,40+/m1/s1. The summed E-state index contributed by atoms with van der Waals surface area (Å²) < 4.78 is 0. The molecule has 5 heteroatoms. The minimum Gasteiger partial charge on any atom is -0.388 e. The zero-order chi connectivity index (χ0) is 31.5. The van der Waals surface area contributed by atoms with Gasteiger partial charge in [0.1, 0.15) is 12.2 Å². The van der Waals surface area contributed by atoms with Gasteiger partial charge >= 0.3 is 6.03 Å². The Hall–Kier alpha value is -4.97. The summed E-state index contributed by atoms with van der Waals surface area (Å²) in [6.07, 6.45) is -1.50. The number of nitrogens with zero attached hydrogens (tertiary/aromatic N) is 2. The molecule has 0 spiro atoms. The number of fused-ring (bicyclic) bond motifs is 2. The molecule has 1 saturated heterocycles. The number of aliphatic hydroxyl groups is 2. The van der Waals surface area contributed by atoms with E-state index in [9.17, 15) is 10.2 Å². The third-order valence-corrected chi connectivity index (χ3v) is 9.34. The van der Waals surface area contributed by atoms with Gasteiger partial charge in [-0.25, -0.2) is 4.79 Å². The number of hydrogen-bond donors (Lipinski definition) is 2. The van der Waals surface area contributed by atoms with Gasteiger partial charge in [-0.3, -0.25) is 0 Å². The third-order valence-electron chi connectivity index (χ3n) is 9.34. The molecule has 0 aromatic heterocycles. The largest absolute Gasteiger partial charge is 0.388 e. The predicted octanol–water partition coefficient (Wildman–Crippen LogP) is 7.38. The van der Waals surface area contributed by atoms with E-state index in [0.717, 1.165) is 43.8 Å². The second kappa shape index (κ2) is 13.2. The highest BCUT2D eigenvalue weighted by Gasteiger charge is 2.46. The lowest BCUT2D eigenvalue weighted by Gasteiger charge is -2.36. The van der Waals surface area contributed by atoms with Gasteiger partial charge in [-0.1, -0.05) is 133 Å². The van der Waals surface area contributed by atoms with Crippen LogP contribution in [0.3, 0.4) is 0 Å². The van der Waals surface area contributed by atoms with Crippen molar-refractivity contribution in [2.45, 2.75) is 50.2 Å². The fourth-order valence-corrected chi connectivity index (χ4v) is 6.88. The highest BCUT2D eigenvalue weighted by atomic mass is 16.3. The van der Waals surface area contributed by atoms with Gasteiger partial charge in [0.2, 0.25) is 0 Å². The fourth-order valence-electron chi connectivity index (χ4n) is 6.88. The molecule has 1 fully saturated rings. The monoisotopic (exact) mass is 606 g/mol. The quantitative estimate of drug-likeness (QED) is 0.190. The summed E-state index contributed by atoms with van der Waals surface area (Å²) in [5.41, 5.74) is 3.94. The average molecular weight is 607 g/mol. The van der Waals surface area contributed by atoms with Gasteiger partial charge in [-0.05, 0) is 68.8 Å². The molecule has 1 heterocycles. The van der Waals surface area contributed by atoms with Gasteiger partial charge < -0.3 is 20.0 Å². The maximum atomic E-state index is 15.0. The molecule has 46 heavy (non-hydrogen) atoms. The zero-order valence-electron chi connectivity index (χ0n) is 25.7. The predicted molar refractivity (Wildman–Crippen MR) is 184 cm³/mol. The first-order chi connectivity index (χ1) is 22.5. The van der Waals surface area contributed by atoms with E-state index in [2.05, 4.69) is 60.7 Å². The normalized spacial score (nSPS) is 20.3. The second-order valence-corrected chi connectivity index (χ2v) is 12.4. The van der Waals surface area contributed by atoms with Crippen molar-refractivity contribution >= 4 is 27.6 Å². The van der Waals surface area contributed by atoms with Crippen LogP contribution in [0.25, 0.3) is 21.5 Å². The van der Waals surface area contributed by atoms with Crippen LogP contribution in [0.5, 0.6) is 0 Å². The third kappa shape index (κ3) is 6.25. The molecule has 7 rings (SSSR count). The summed E-state index contributed by atoms with van der Waals surface area (Å²) in [5.74, 6) is 0. The molecule has 1 aliphatic heterocycles. The molecule has 230 valence electrons. The van der Waals surface area contributed by atoms with Crippen molar-refractivity contribution in [3.05, 3.63) is 168 Å². The summed E-state index contributed by atoms with van der Waals surface area (Å²) in [6, 6.07) is 47.2. The number of benzene rings is 6. The summed E-state index contributed by atoms with van der Waals surface area (Å²) in [6.45, 7) is 0.606. The number of carbonyl (C=O) groups excluding carboxylic acids is 1. The first-order valence-electron chi connectivity index (χ1n) is 16.0. The summed E-state index contributed by atoms with van der Waals surface area (Å²) in [5, 5.41) is 28.5. The highest BCUT2D eigenvalue weighted by Crippen LogP contribution is 2.31. The van der Waals surface area contributed by atoms with E-state index in [1.54, 1.807) is 9.80 Å². The van der Waals surface area contributed by atoms with Gasteiger partial charge in [-0.2, -0.15) is 0 Å². The average Bonchev–Trinajstić information content (AvgIpc) is 3.16. The van der Waals surface area contributed by atoms with Crippen molar-refractivity contribution in [2.24, 2.45) is 0 Å². The van der Waals surface area contributed by atoms with Gasteiger partial charge in [-0.15, -0.1) is 0 Å². The Labute approximate surface area is 270 Å². The van der Waals surface area contributed by atoms with E-state index in [1.165, 1.54) is 0 Å². The molecule has 0 saturated carbocycles. The number of aliphatic hydroxyl groups excluding tert-OH is 2. The van der Waals surface area contributed by atoms with Crippen molar-refractivity contribution in [1.82, 2.24) is 9.80 Å². The van der Waals surface area contributed by atoms with E-state index in [0.29, 0.717) is 25.9 Å². The van der Waals surface area contributed by atoms with E-state index in [1.807, 2.05) is 84.9 Å². The number of carbonyl (C=O) groups is 1. The maximum Gasteiger partial charge on any atom is 0.321 e. The van der Waals surface area contributed by atoms with Gasteiger partial charge in [0, 0.05) is 13.1 Å². The van der Waals surface area contributed by atoms with Crippen LogP contribution in [0.1, 0.15) is 22.3 Å². The molecule has 6 aromatic carbocycles. The minimum absolute atomic E-state index is 0.196. The number of rotatable bonds is 8. The van der Waals surface area contributed by atoms with Crippen LogP contribution in [-0.2, 0) is 25.9 Å². The molecule has 0 aliphatic carbocycles. The molecule has 2 amide bonds. The minimum atomic E-state index is -1.17. The van der Waals surface area contributed by atoms with E-state index in [4.69, 9.17) is 0 Å². The molecule has 0 bridgehead atoms. The van der Waals surface area contributed by atoms with Gasteiger partial charge in [0.15, 0.2) is 0 Å². The van der Waals surface area contributed by atoms with Crippen LogP contribution in [0.4, 0.5) is 4.79 Å². The Kier molecular flexibility index (Phi) is 8.51. The van der Waals surface area contributed by atoms with Crippen LogP contribution < -0.4 is 0 Å². The van der Waals surface area contributed by atoms with Crippen molar-refractivity contribution in [3.8, 4) is 0 Å². The van der Waals surface area contributed by atoms with Crippen molar-refractivity contribution < 1.29 is 15.0 Å². The second-order valence-electron chi connectivity index (χ2n) is 12.4. The molecule has 2 N–H and O–H groups in total. The lowest BCUT2D eigenvalue weighted by molar-refractivity contribution is -0.0408. The van der Waals surface area contributed by atoms with Crippen LogP contribution in [0, 0.1) is 0 Å². The Morgan fingerprint density at radius 2 is 0.804 bits per heavy atom. The van der Waals surface area contributed by atoms with Crippen LogP contribution >= 0.6 is 0 Å². The molecule has 0 radical (unpaired) electrons. The lowest BCUT2D eigenvalue weighted by atomic mass is 9.90. The molecule has 5 nitrogen and oxygen atoms in total. The van der Waals surface area contributed by atoms with Crippen molar-refractivity contribution in [3.63, 3.8) is 0 Å². The number of hydrogen-bond acceptors (Lipinski definition) is 3. The van der Waals surface area contributed by atoms with Crippen molar-refractivity contribution in [2.75, 3.05) is 0 Å². The van der Waals surface area contributed by atoms with Crippen LogP contribution in [0.2, 0.25) is 0 Å². The first-order valence-corrected chi connectivity index (χ1v) is 16.0. The Bertz CT molecular complexity index is 1800. The van der Waals surface area contributed by atoms with Crippen LogP contribution in [-0.4, -0.2) is 50.3 Å².